The molecule has 2 aromatic rings. The number of hydrogen-bond donors (Lipinski definition) is 1. The highest BCUT2D eigenvalue weighted by Gasteiger charge is 2.40. The van der Waals surface area contributed by atoms with Crippen molar-refractivity contribution in [2.45, 2.75) is 50.5 Å². The zero-order valence-electron chi connectivity index (χ0n) is 19.7. The Morgan fingerprint density at radius 2 is 1.82 bits per heavy atom. The standard InChI is InChI=1S/C26H32N2O3.2ClH/c1-25(2,16-14-24(29)31-4)22-12-13-23(30-3)20(18-22)19-26(15-8-9-17-28(26)27)21-10-6-5-7-11-21;;/h5-7,10-13,18H,8-9,15,17,19,27H2,1-4H3;2*1H. The summed E-state index contributed by atoms with van der Waals surface area (Å²) in [5.74, 6) is 12.5. The summed E-state index contributed by atoms with van der Waals surface area (Å²) >= 11 is 0. The predicted octanol–water partition coefficient (Wildman–Crippen LogP) is 4.79. The van der Waals surface area contributed by atoms with Gasteiger partial charge < -0.3 is 9.47 Å². The SMILES string of the molecule is COC(=O)C#CC(C)(C)c1ccc(OC)c(CC2(c3ccccc3)CCCCN2N)c1.Cl.Cl. The molecule has 2 aromatic carbocycles. The number of rotatable bonds is 5. The van der Waals surface area contributed by atoms with Gasteiger partial charge in [0, 0.05) is 12.5 Å². The van der Waals surface area contributed by atoms with E-state index < -0.39 is 11.4 Å². The molecule has 0 amide bonds. The summed E-state index contributed by atoms with van der Waals surface area (Å²) in [6, 6.07) is 16.6. The second-order valence-electron chi connectivity index (χ2n) is 8.62. The van der Waals surface area contributed by atoms with Crippen LogP contribution in [0, 0.1) is 11.8 Å². The topological polar surface area (TPSA) is 64.8 Å². The average molecular weight is 493 g/mol. The molecule has 0 radical (unpaired) electrons. The number of esters is 1. The Kier molecular flexibility index (Phi) is 10.7. The van der Waals surface area contributed by atoms with Gasteiger partial charge in [-0.25, -0.2) is 9.80 Å². The van der Waals surface area contributed by atoms with Crippen LogP contribution in [0.5, 0.6) is 5.75 Å². The Labute approximate surface area is 209 Å². The van der Waals surface area contributed by atoms with E-state index in [1.807, 2.05) is 37.1 Å². The first-order chi connectivity index (χ1) is 14.8. The molecule has 0 aromatic heterocycles. The van der Waals surface area contributed by atoms with Crippen molar-refractivity contribution in [2.24, 2.45) is 5.84 Å². The quantitative estimate of drug-likeness (QED) is 0.281. The zero-order valence-corrected chi connectivity index (χ0v) is 21.4. The molecule has 1 fully saturated rings. The highest BCUT2D eigenvalue weighted by Crippen LogP contribution is 2.41. The lowest BCUT2D eigenvalue weighted by Gasteiger charge is -2.45. The van der Waals surface area contributed by atoms with E-state index in [-0.39, 0.29) is 30.4 Å². The first kappa shape index (κ1) is 28.8. The van der Waals surface area contributed by atoms with Crippen LogP contribution in [0.3, 0.4) is 0 Å². The highest BCUT2D eigenvalue weighted by molar-refractivity contribution is 5.88. The van der Waals surface area contributed by atoms with Crippen molar-refractivity contribution in [3.8, 4) is 17.6 Å². The summed E-state index contributed by atoms with van der Waals surface area (Å²) < 4.78 is 10.4. The maximum Gasteiger partial charge on any atom is 0.384 e. The molecule has 7 heteroatoms. The van der Waals surface area contributed by atoms with Crippen molar-refractivity contribution in [3.63, 3.8) is 0 Å². The third-order valence-corrected chi connectivity index (χ3v) is 6.25. The van der Waals surface area contributed by atoms with E-state index in [1.165, 1.54) is 12.7 Å². The molecule has 5 nitrogen and oxygen atoms in total. The van der Waals surface area contributed by atoms with Gasteiger partial charge in [0.25, 0.3) is 0 Å². The second-order valence-corrected chi connectivity index (χ2v) is 8.62. The largest absolute Gasteiger partial charge is 0.496 e. The number of nitrogens with zero attached hydrogens (tertiary/aromatic N) is 1. The summed E-state index contributed by atoms with van der Waals surface area (Å²) in [7, 11) is 3.03. The van der Waals surface area contributed by atoms with E-state index in [4.69, 9.17) is 10.6 Å². The average Bonchev–Trinajstić information content (AvgIpc) is 2.79. The monoisotopic (exact) mass is 492 g/mol. The van der Waals surface area contributed by atoms with Gasteiger partial charge in [0.2, 0.25) is 0 Å². The molecule has 0 saturated carbocycles. The summed E-state index contributed by atoms with van der Waals surface area (Å²) in [6.07, 6.45) is 3.93. The van der Waals surface area contributed by atoms with Crippen molar-refractivity contribution in [1.29, 1.82) is 0 Å². The molecule has 0 aliphatic carbocycles. The summed E-state index contributed by atoms with van der Waals surface area (Å²) in [5, 5.41) is 2.00. The van der Waals surface area contributed by atoms with Crippen LogP contribution in [0.15, 0.2) is 48.5 Å². The number of benzene rings is 2. The molecule has 33 heavy (non-hydrogen) atoms. The van der Waals surface area contributed by atoms with Crippen LogP contribution in [0.2, 0.25) is 0 Å². The number of carbonyl (C=O) groups is 1. The van der Waals surface area contributed by atoms with Crippen LogP contribution in [-0.4, -0.2) is 31.7 Å². The summed E-state index contributed by atoms with van der Waals surface area (Å²) in [6.45, 7) is 4.85. The highest BCUT2D eigenvalue weighted by atomic mass is 35.5. The van der Waals surface area contributed by atoms with Gasteiger partial charge in [0.1, 0.15) is 5.75 Å². The van der Waals surface area contributed by atoms with Gasteiger partial charge >= 0.3 is 5.97 Å². The van der Waals surface area contributed by atoms with E-state index in [0.717, 1.165) is 49.1 Å². The minimum Gasteiger partial charge on any atom is -0.496 e. The van der Waals surface area contributed by atoms with Gasteiger partial charge in [0.15, 0.2) is 0 Å². The molecule has 1 aliphatic rings. The summed E-state index contributed by atoms with van der Waals surface area (Å²) in [4.78, 5) is 11.5. The predicted molar refractivity (Wildman–Crippen MR) is 137 cm³/mol. The fraction of sp³-hybridized carbons (Fsp3) is 0.423. The maximum absolute atomic E-state index is 11.5. The third-order valence-electron chi connectivity index (χ3n) is 6.25. The van der Waals surface area contributed by atoms with E-state index in [1.54, 1.807) is 7.11 Å². The van der Waals surface area contributed by atoms with Crippen LogP contribution in [0.25, 0.3) is 0 Å². The molecule has 1 atom stereocenters. The molecule has 1 unspecified atom stereocenters. The van der Waals surface area contributed by atoms with Crippen molar-refractivity contribution >= 4 is 30.8 Å². The number of hydrogen-bond acceptors (Lipinski definition) is 5. The van der Waals surface area contributed by atoms with Crippen LogP contribution in [0.1, 0.15) is 49.8 Å². The molecule has 180 valence electrons. The Morgan fingerprint density at radius 1 is 1.12 bits per heavy atom. The molecule has 2 N–H and O–H groups in total. The molecule has 1 saturated heterocycles. The number of hydrazine groups is 1. The smallest absolute Gasteiger partial charge is 0.384 e. The Hall–Kier alpha value is -2.23. The van der Waals surface area contributed by atoms with Gasteiger partial charge in [0.05, 0.1) is 25.2 Å². The molecule has 0 bridgehead atoms. The van der Waals surface area contributed by atoms with Gasteiger partial charge in [-0.15, -0.1) is 24.8 Å². The van der Waals surface area contributed by atoms with Crippen molar-refractivity contribution in [1.82, 2.24) is 5.01 Å². The number of halogens is 2. The van der Waals surface area contributed by atoms with Crippen LogP contribution in [0.4, 0.5) is 0 Å². The van der Waals surface area contributed by atoms with E-state index in [2.05, 4.69) is 46.9 Å². The van der Waals surface area contributed by atoms with Crippen molar-refractivity contribution in [2.75, 3.05) is 20.8 Å². The molecule has 0 spiro atoms. The number of ether oxygens (including phenoxy) is 2. The molecular weight excluding hydrogens is 459 g/mol. The molecule has 1 aliphatic heterocycles. The first-order valence-corrected chi connectivity index (χ1v) is 10.7. The Morgan fingerprint density at radius 3 is 2.42 bits per heavy atom. The minimum absolute atomic E-state index is 0. The normalized spacial score (nSPS) is 18.1. The molecular formula is C26H34Cl2N2O3. The Balaban J connectivity index is 0.00000272. The third kappa shape index (κ3) is 6.43. The van der Waals surface area contributed by atoms with E-state index in [0.29, 0.717) is 0 Å². The van der Waals surface area contributed by atoms with Crippen molar-refractivity contribution < 1.29 is 14.3 Å². The fourth-order valence-corrected chi connectivity index (χ4v) is 4.36. The first-order valence-electron chi connectivity index (χ1n) is 10.7. The lowest BCUT2D eigenvalue weighted by molar-refractivity contribution is -0.133. The summed E-state index contributed by atoms with van der Waals surface area (Å²) in [5.41, 5.74) is 2.49. The lowest BCUT2D eigenvalue weighted by atomic mass is 9.75. The van der Waals surface area contributed by atoms with Gasteiger partial charge in [-0.3, -0.25) is 5.84 Å². The number of nitrogens with two attached hydrogens (primary N) is 1. The Bertz CT molecular complexity index is 986. The lowest BCUT2D eigenvalue weighted by Crippen LogP contribution is -2.54. The van der Waals surface area contributed by atoms with E-state index >= 15 is 0 Å². The molecule has 1 heterocycles. The van der Waals surface area contributed by atoms with Crippen LogP contribution >= 0.6 is 24.8 Å². The zero-order chi connectivity index (χ0) is 22.5. The van der Waals surface area contributed by atoms with Crippen LogP contribution in [-0.2, 0) is 26.9 Å². The second kappa shape index (κ2) is 12.3. The van der Waals surface area contributed by atoms with Gasteiger partial charge in [-0.2, -0.15) is 0 Å². The minimum atomic E-state index is -0.536. The van der Waals surface area contributed by atoms with Gasteiger partial charge in [-0.1, -0.05) is 48.4 Å². The maximum atomic E-state index is 11.5. The number of carbonyl (C=O) groups excluding carboxylic acids is 1. The van der Waals surface area contributed by atoms with Gasteiger partial charge in [-0.05, 0) is 62.3 Å². The fourth-order valence-electron chi connectivity index (χ4n) is 4.36. The van der Waals surface area contributed by atoms with Crippen LogP contribution < -0.4 is 10.6 Å². The number of piperidine rings is 1. The van der Waals surface area contributed by atoms with Crippen molar-refractivity contribution in [3.05, 3.63) is 65.2 Å². The molecule has 3 rings (SSSR count). The van der Waals surface area contributed by atoms with E-state index in [9.17, 15) is 4.79 Å². The number of methoxy groups -OCH3 is 2.